The lowest BCUT2D eigenvalue weighted by molar-refractivity contribution is 0.0934. The summed E-state index contributed by atoms with van der Waals surface area (Å²) in [6, 6.07) is 5.71. The predicted octanol–water partition coefficient (Wildman–Crippen LogP) is 0.0450. The highest BCUT2D eigenvalue weighted by molar-refractivity contribution is 5.90. The number of carbonyl (C=O) groups is 1. The minimum atomic E-state index is -0.287. The van der Waals surface area contributed by atoms with Crippen LogP contribution in [0.25, 0.3) is 11.4 Å². The van der Waals surface area contributed by atoms with Crippen LogP contribution >= 0.6 is 0 Å². The Morgan fingerprint density at radius 1 is 1.21 bits per heavy atom. The van der Waals surface area contributed by atoms with Gasteiger partial charge in [-0.1, -0.05) is 0 Å². The number of hydrogen-bond acceptors (Lipinski definition) is 8. The average Bonchev–Trinajstić information content (AvgIpc) is 3.26. The van der Waals surface area contributed by atoms with Crippen LogP contribution in [-0.2, 0) is 0 Å². The zero-order chi connectivity index (χ0) is 19.3. The molecule has 1 aliphatic rings. The third-order valence-electron chi connectivity index (χ3n) is 4.80. The Kier molecular flexibility index (Phi) is 3.67. The number of nitrogens with zero attached hydrogens (tertiary/aromatic N) is 9. The van der Waals surface area contributed by atoms with Gasteiger partial charge in [0.15, 0.2) is 5.65 Å². The van der Waals surface area contributed by atoms with Crippen LogP contribution in [0.4, 0.5) is 5.82 Å². The number of anilines is 1. The fourth-order valence-corrected chi connectivity index (χ4v) is 3.35. The van der Waals surface area contributed by atoms with E-state index in [4.69, 9.17) is 0 Å². The lowest BCUT2D eigenvalue weighted by Crippen LogP contribution is -2.52. The summed E-state index contributed by atoms with van der Waals surface area (Å²) in [5.74, 6) is 1.50. The molecule has 1 aliphatic heterocycles. The molecule has 0 aliphatic carbocycles. The third kappa shape index (κ3) is 2.80. The molecular weight excluding hydrogens is 360 g/mol. The van der Waals surface area contributed by atoms with E-state index in [9.17, 15) is 4.79 Å². The maximum atomic E-state index is 12.4. The molecule has 1 saturated heterocycles. The van der Waals surface area contributed by atoms with Crippen LogP contribution in [0.5, 0.6) is 0 Å². The summed E-state index contributed by atoms with van der Waals surface area (Å²) in [5, 5.41) is 19.4. The van der Waals surface area contributed by atoms with Gasteiger partial charge in [0.1, 0.15) is 12.1 Å². The Balaban J connectivity index is 1.19. The summed E-state index contributed by atoms with van der Waals surface area (Å²) in [4.78, 5) is 23.1. The number of amides is 1. The van der Waals surface area contributed by atoms with Crippen LogP contribution in [0.1, 0.15) is 22.0 Å². The van der Waals surface area contributed by atoms with Gasteiger partial charge in [0.05, 0.1) is 0 Å². The SMILES string of the molecule is Cc1cc(C)n2nc(C(=O)NCC3CN(c4ccc5nncn5n4)C3)nc2n1. The van der Waals surface area contributed by atoms with Gasteiger partial charge in [-0.15, -0.1) is 20.4 Å². The Labute approximate surface area is 159 Å². The highest BCUT2D eigenvalue weighted by Gasteiger charge is 2.29. The number of aromatic nitrogens is 8. The van der Waals surface area contributed by atoms with Crippen molar-refractivity contribution in [2.45, 2.75) is 13.8 Å². The van der Waals surface area contributed by atoms with Crippen LogP contribution in [0.3, 0.4) is 0 Å². The first-order chi connectivity index (χ1) is 13.6. The summed E-state index contributed by atoms with van der Waals surface area (Å²) in [7, 11) is 0. The van der Waals surface area contributed by atoms with Crippen molar-refractivity contribution >= 4 is 23.1 Å². The molecule has 11 nitrogen and oxygen atoms in total. The van der Waals surface area contributed by atoms with E-state index in [-0.39, 0.29) is 11.7 Å². The number of hydrogen-bond donors (Lipinski definition) is 1. The van der Waals surface area contributed by atoms with Crippen LogP contribution in [-0.4, -0.2) is 64.9 Å². The fourth-order valence-electron chi connectivity index (χ4n) is 3.35. The molecule has 1 N–H and O–H groups in total. The van der Waals surface area contributed by atoms with Gasteiger partial charge >= 0.3 is 0 Å². The standard InChI is InChI=1S/C17H18N10O/c1-10-5-11(2)27-17(20-10)21-15(24-27)16(28)18-6-12-7-25(8-12)14-4-3-13-22-19-9-26(13)23-14/h3-5,9,12H,6-8H2,1-2H3,(H,18,28). The van der Waals surface area contributed by atoms with E-state index in [2.05, 4.69) is 40.6 Å². The number of aryl methyl sites for hydroxylation is 2. The molecule has 0 bridgehead atoms. The Morgan fingerprint density at radius 2 is 2.07 bits per heavy atom. The van der Waals surface area contributed by atoms with E-state index < -0.39 is 0 Å². The van der Waals surface area contributed by atoms with Gasteiger partial charge in [0, 0.05) is 36.9 Å². The molecule has 0 saturated carbocycles. The molecule has 0 aromatic carbocycles. The first-order valence-electron chi connectivity index (χ1n) is 8.98. The molecule has 5 heterocycles. The second-order valence-corrected chi connectivity index (χ2v) is 6.99. The second kappa shape index (κ2) is 6.22. The zero-order valence-corrected chi connectivity index (χ0v) is 15.4. The maximum absolute atomic E-state index is 12.4. The molecule has 0 spiro atoms. The summed E-state index contributed by atoms with van der Waals surface area (Å²) in [6.07, 6.45) is 1.58. The molecule has 11 heteroatoms. The van der Waals surface area contributed by atoms with Crippen LogP contribution < -0.4 is 10.2 Å². The molecule has 0 radical (unpaired) electrons. The van der Waals surface area contributed by atoms with Gasteiger partial charge in [-0.05, 0) is 32.0 Å². The second-order valence-electron chi connectivity index (χ2n) is 6.99. The van der Waals surface area contributed by atoms with Crippen molar-refractivity contribution in [3.63, 3.8) is 0 Å². The molecular formula is C17H18N10O. The van der Waals surface area contributed by atoms with Crippen molar-refractivity contribution in [3.05, 3.63) is 41.7 Å². The molecule has 28 heavy (non-hydrogen) atoms. The molecule has 1 amide bonds. The van der Waals surface area contributed by atoms with Crippen LogP contribution in [0, 0.1) is 19.8 Å². The first kappa shape index (κ1) is 16.5. The van der Waals surface area contributed by atoms with Crippen molar-refractivity contribution in [2.75, 3.05) is 24.5 Å². The summed E-state index contributed by atoms with van der Waals surface area (Å²) >= 11 is 0. The van der Waals surface area contributed by atoms with E-state index in [0.717, 1.165) is 30.3 Å². The normalized spacial score (nSPS) is 14.6. The van der Waals surface area contributed by atoms with Crippen molar-refractivity contribution < 1.29 is 4.79 Å². The highest BCUT2D eigenvalue weighted by atomic mass is 16.2. The lowest BCUT2D eigenvalue weighted by Gasteiger charge is -2.39. The van der Waals surface area contributed by atoms with Crippen LogP contribution in [0.15, 0.2) is 24.5 Å². The van der Waals surface area contributed by atoms with Gasteiger partial charge in [-0.3, -0.25) is 4.79 Å². The summed E-state index contributed by atoms with van der Waals surface area (Å²) in [5.41, 5.74) is 2.45. The Morgan fingerprint density at radius 3 is 2.93 bits per heavy atom. The van der Waals surface area contributed by atoms with Crippen molar-refractivity contribution in [3.8, 4) is 0 Å². The number of rotatable bonds is 4. The first-order valence-corrected chi connectivity index (χ1v) is 8.98. The minimum Gasteiger partial charge on any atom is -0.354 e. The van der Waals surface area contributed by atoms with Gasteiger partial charge < -0.3 is 10.2 Å². The number of nitrogens with one attached hydrogen (secondary N) is 1. The zero-order valence-electron chi connectivity index (χ0n) is 15.4. The Bertz CT molecular complexity index is 1190. The quantitative estimate of drug-likeness (QED) is 0.529. The van der Waals surface area contributed by atoms with Gasteiger partial charge in [0.25, 0.3) is 11.7 Å². The predicted molar refractivity (Wildman–Crippen MR) is 99.1 cm³/mol. The topological polar surface area (TPSA) is 119 Å². The summed E-state index contributed by atoms with van der Waals surface area (Å²) in [6.45, 7) is 6.00. The molecule has 142 valence electrons. The van der Waals surface area contributed by atoms with Crippen molar-refractivity contribution in [1.82, 2.24) is 44.7 Å². The molecule has 0 atom stereocenters. The molecule has 0 unspecified atom stereocenters. The van der Waals surface area contributed by atoms with E-state index >= 15 is 0 Å². The number of fused-ring (bicyclic) bond motifs is 2. The fraction of sp³-hybridized carbons (Fsp3) is 0.353. The van der Waals surface area contributed by atoms with Gasteiger partial charge in [0.2, 0.25) is 5.82 Å². The molecule has 1 fully saturated rings. The van der Waals surface area contributed by atoms with Crippen LogP contribution in [0.2, 0.25) is 0 Å². The Hall–Kier alpha value is -3.63. The van der Waals surface area contributed by atoms with Crippen molar-refractivity contribution in [1.29, 1.82) is 0 Å². The largest absolute Gasteiger partial charge is 0.354 e. The highest BCUT2D eigenvalue weighted by Crippen LogP contribution is 2.22. The van der Waals surface area contributed by atoms with Gasteiger partial charge in [-0.2, -0.15) is 9.50 Å². The molecule has 4 aromatic heterocycles. The van der Waals surface area contributed by atoms with Gasteiger partial charge in [-0.25, -0.2) is 9.50 Å². The van der Waals surface area contributed by atoms with E-state index in [1.165, 1.54) is 0 Å². The summed E-state index contributed by atoms with van der Waals surface area (Å²) < 4.78 is 3.23. The molecule has 5 rings (SSSR count). The average molecular weight is 378 g/mol. The monoisotopic (exact) mass is 378 g/mol. The van der Waals surface area contributed by atoms with Crippen molar-refractivity contribution in [2.24, 2.45) is 5.92 Å². The third-order valence-corrected chi connectivity index (χ3v) is 4.80. The maximum Gasteiger partial charge on any atom is 0.291 e. The smallest absolute Gasteiger partial charge is 0.291 e. The lowest BCUT2D eigenvalue weighted by atomic mass is 10.0. The van der Waals surface area contributed by atoms with E-state index in [1.807, 2.05) is 32.0 Å². The van der Waals surface area contributed by atoms with E-state index in [0.29, 0.717) is 23.9 Å². The number of carbonyl (C=O) groups excluding carboxylic acids is 1. The van der Waals surface area contributed by atoms with E-state index in [1.54, 1.807) is 15.4 Å². The minimum absolute atomic E-state index is 0.136. The molecule has 4 aromatic rings.